The minimum Gasteiger partial charge on any atom is -0.463 e. The minimum atomic E-state index is -0.769. The molecule has 0 spiro atoms. The number of benzene rings is 1. The summed E-state index contributed by atoms with van der Waals surface area (Å²) < 4.78 is 11.1. The lowest BCUT2D eigenvalue weighted by molar-refractivity contribution is -0.139. The average Bonchev–Trinajstić information content (AvgIpc) is 3.29. The van der Waals surface area contributed by atoms with E-state index in [-0.39, 0.29) is 35.1 Å². The summed E-state index contributed by atoms with van der Waals surface area (Å²) in [6.45, 7) is 1.86. The Kier molecular flexibility index (Phi) is 7.12. The molecule has 34 heavy (non-hydrogen) atoms. The molecule has 1 aliphatic carbocycles. The number of fused-ring (bicyclic) bond motifs is 1. The summed E-state index contributed by atoms with van der Waals surface area (Å²) in [5.41, 5.74) is 9.68. The molecular weight excluding hydrogens is 472 g/mol. The van der Waals surface area contributed by atoms with Gasteiger partial charge < -0.3 is 15.2 Å². The number of thioether (sulfide) groups is 1. The number of esters is 1. The van der Waals surface area contributed by atoms with Crippen LogP contribution in [0.15, 0.2) is 58.1 Å². The Labute approximate surface area is 206 Å². The molecule has 0 radical (unpaired) electrons. The number of hydrogen-bond acceptors (Lipinski definition) is 8. The van der Waals surface area contributed by atoms with Gasteiger partial charge in [0.1, 0.15) is 28.5 Å². The van der Waals surface area contributed by atoms with E-state index < -0.39 is 11.9 Å². The number of carbonyl (C=O) groups is 1. The fraction of sp³-hybridized carbons (Fsp3) is 0.280. The number of rotatable bonds is 6. The van der Waals surface area contributed by atoms with Crippen molar-refractivity contribution < 1.29 is 14.3 Å². The number of nitrogens with zero attached hydrogens (tertiary/aromatic N) is 3. The molecule has 2 aliphatic rings. The molecule has 1 unspecified atom stereocenters. The van der Waals surface area contributed by atoms with Gasteiger partial charge in [-0.2, -0.15) is 10.5 Å². The lowest BCUT2D eigenvalue weighted by Crippen LogP contribution is -2.27. The highest BCUT2D eigenvalue weighted by atomic mass is 35.5. The van der Waals surface area contributed by atoms with E-state index in [1.165, 1.54) is 11.8 Å². The maximum atomic E-state index is 13.1. The predicted octanol–water partition coefficient (Wildman–Crippen LogP) is 4.51. The molecule has 0 bridgehead atoms. The van der Waals surface area contributed by atoms with Gasteiger partial charge in [0, 0.05) is 10.7 Å². The first-order valence-corrected chi connectivity index (χ1v) is 12.1. The second-order valence-corrected chi connectivity index (χ2v) is 9.14. The largest absolute Gasteiger partial charge is 0.463 e. The standard InChI is InChI=1S/C25H21ClN4O3S/c1-2-32-25(31)22-20(13-34-24-16(11-27)10-15-4-3-5-19(15)30-24)33-23(29)18(12-28)21(22)14-6-8-17(26)9-7-14/h6-10,21H,2-5,13,29H2,1H3. The van der Waals surface area contributed by atoms with Crippen LogP contribution in [0.1, 0.15) is 41.6 Å². The molecule has 0 saturated heterocycles. The first-order valence-electron chi connectivity index (χ1n) is 10.8. The molecule has 1 aromatic carbocycles. The number of carbonyl (C=O) groups excluding carboxylic acids is 1. The number of nitriles is 2. The SMILES string of the molecule is CCOC(=O)C1=C(CSc2nc3c(cc2C#N)CCC3)OC(N)=C(C#N)C1c1ccc(Cl)cc1. The van der Waals surface area contributed by atoms with Crippen molar-refractivity contribution in [1.82, 2.24) is 4.98 Å². The number of allylic oxidation sites excluding steroid dienone is 1. The number of aryl methyl sites for hydroxylation is 2. The van der Waals surface area contributed by atoms with E-state index in [0.717, 1.165) is 30.5 Å². The van der Waals surface area contributed by atoms with Crippen LogP contribution in [0.5, 0.6) is 0 Å². The van der Waals surface area contributed by atoms with Gasteiger partial charge in [0.2, 0.25) is 5.88 Å². The van der Waals surface area contributed by atoms with Gasteiger partial charge in [0.15, 0.2) is 0 Å². The Morgan fingerprint density at radius 3 is 2.74 bits per heavy atom. The van der Waals surface area contributed by atoms with Crippen LogP contribution in [0.4, 0.5) is 0 Å². The van der Waals surface area contributed by atoms with Crippen LogP contribution in [0.3, 0.4) is 0 Å². The maximum Gasteiger partial charge on any atom is 0.338 e. The topological polar surface area (TPSA) is 122 Å². The molecule has 0 saturated carbocycles. The quantitative estimate of drug-likeness (QED) is 0.461. The van der Waals surface area contributed by atoms with Crippen molar-refractivity contribution in [2.45, 2.75) is 37.1 Å². The summed E-state index contributed by atoms with van der Waals surface area (Å²) in [7, 11) is 0. The van der Waals surface area contributed by atoms with Crippen molar-refractivity contribution in [1.29, 1.82) is 10.5 Å². The molecule has 9 heteroatoms. The van der Waals surface area contributed by atoms with Crippen molar-refractivity contribution in [3.05, 3.63) is 80.5 Å². The van der Waals surface area contributed by atoms with Crippen LogP contribution in [0.2, 0.25) is 5.02 Å². The van der Waals surface area contributed by atoms with Crippen LogP contribution >= 0.6 is 23.4 Å². The molecule has 0 amide bonds. The Bertz CT molecular complexity index is 1290. The van der Waals surface area contributed by atoms with Gasteiger partial charge in [-0.05, 0) is 55.5 Å². The van der Waals surface area contributed by atoms with Gasteiger partial charge in [-0.25, -0.2) is 9.78 Å². The molecule has 1 aliphatic heterocycles. The summed E-state index contributed by atoms with van der Waals surface area (Å²) >= 11 is 7.33. The third-order valence-corrected chi connectivity index (χ3v) is 6.91. The molecule has 2 N–H and O–H groups in total. The number of halogens is 1. The van der Waals surface area contributed by atoms with Gasteiger partial charge in [-0.3, -0.25) is 0 Å². The van der Waals surface area contributed by atoms with E-state index in [1.54, 1.807) is 31.2 Å². The van der Waals surface area contributed by atoms with E-state index in [2.05, 4.69) is 17.1 Å². The number of hydrogen-bond donors (Lipinski definition) is 1. The molecule has 2 aromatic rings. The van der Waals surface area contributed by atoms with E-state index >= 15 is 0 Å². The Hall–Kier alpha value is -3.46. The Morgan fingerprint density at radius 2 is 2.06 bits per heavy atom. The monoisotopic (exact) mass is 492 g/mol. The molecule has 1 atom stereocenters. The van der Waals surface area contributed by atoms with Crippen LogP contribution in [0.25, 0.3) is 0 Å². The van der Waals surface area contributed by atoms with Gasteiger partial charge in [0.05, 0.1) is 29.4 Å². The molecule has 0 fully saturated rings. The zero-order valence-corrected chi connectivity index (χ0v) is 20.0. The first-order chi connectivity index (χ1) is 16.5. The van der Waals surface area contributed by atoms with Crippen molar-refractivity contribution in [3.8, 4) is 12.1 Å². The highest BCUT2D eigenvalue weighted by Crippen LogP contribution is 2.41. The average molecular weight is 493 g/mol. The highest BCUT2D eigenvalue weighted by molar-refractivity contribution is 7.99. The lowest BCUT2D eigenvalue weighted by atomic mass is 9.83. The summed E-state index contributed by atoms with van der Waals surface area (Å²) in [5, 5.41) is 20.5. The van der Waals surface area contributed by atoms with Crippen molar-refractivity contribution in [3.63, 3.8) is 0 Å². The fourth-order valence-electron chi connectivity index (χ4n) is 4.12. The van der Waals surface area contributed by atoms with Crippen LogP contribution in [0, 0.1) is 22.7 Å². The molecule has 1 aromatic heterocycles. The Morgan fingerprint density at radius 1 is 1.29 bits per heavy atom. The van der Waals surface area contributed by atoms with Crippen molar-refractivity contribution >= 4 is 29.3 Å². The summed E-state index contributed by atoms with van der Waals surface area (Å²) in [6, 6.07) is 13.0. The molecule has 7 nitrogen and oxygen atoms in total. The molecule has 2 heterocycles. The number of ether oxygens (including phenoxy) is 2. The molecule has 4 rings (SSSR count). The van der Waals surface area contributed by atoms with Crippen LogP contribution < -0.4 is 5.73 Å². The van der Waals surface area contributed by atoms with E-state index in [4.69, 9.17) is 26.8 Å². The third-order valence-electron chi connectivity index (χ3n) is 5.67. The minimum absolute atomic E-state index is 0.0754. The first kappa shape index (κ1) is 23.7. The van der Waals surface area contributed by atoms with Crippen LogP contribution in [-0.4, -0.2) is 23.3 Å². The summed E-state index contributed by atoms with van der Waals surface area (Å²) in [6.07, 6.45) is 2.82. The fourth-order valence-corrected chi connectivity index (χ4v) is 5.17. The van der Waals surface area contributed by atoms with E-state index in [0.29, 0.717) is 21.2 Å². The predicted molar refractivity (Wildman–Crippen MR) is 127 cm³/mol. The summed E-state index contributed by atoms with van der Waals surface area (Å²) in [5.74, 6) is -0.993. The van der Waals surface area contributed by atoms with E-state index in [9.17, 15) is 15.3 Å². The number of nitrogens with two attached hydrogens (primary N) is 1. The van der Waals surface area contributed by atoms with Crippen LogP contribution in [-0.2, 0) is 27.1 Å². The van der Waals surface area contributed by atoms with Crippen molar-refractivity contribution in [2.75, 3.05) is 12.4 Å². The highest BCUT2D eigenvalue weighted by Gasteiger charge is 2.37. The number of pyridine rings is 1. The lowest BCUT2D eigenvalue weighted by Gasteiger charge is -2.28. The second kappa shape index (κ2) is 10.2. The Balaban J connectivity index is 1.76. The van der Waals surface area contributed by atoms with Gasteiger partial charge in [0.25, 0.3) is 0 Å². The van der Waals surface area contributed by atoms with Gasteiger partial charge >= 0.3 is 5.97 Å². The van der Waals surface area contributed by atoms with Gasteiger partial charge in [-0.15, -0.1) is 0 Å². The third kappa shape index (κ3) is 4.61. The normalized spacial score (nSPS) is 17.0. The van der Waals surface area contributed by atoms with Crippen molar-refractivity contribution in [2.24, 2.45) is 5.73 Å². The second-order valence-electron chi connectivity index (χ2n) is 7.73. The molecular formula is C25H21ClN4O3S. The summed E-state index contributed by atoms with van der Waals surface area (Å²) in [4.78, 5) is 17.8. The number of aromatic nitrogens is 1. The zero-order valence-electron chi connectivity index (χ0n) is 18.4. The molecule has 172 valence electrons. The maximum absolute atomic E-state index is 13.1. The smallest absolute Gasteiger partial charge is 0.338 e. The van der Waals surface area contributed by atoms with E-state index in [1.807, 2.05) is 6.07 Å². The zero-order chi connectivity index (χ0) is 24.2. The van der Waals surface area contributed by atoms with Gasteiger partial charge in [-0.1, -0.05) is 35.5 Å².